The first-order valence-electron chi connectivity index (χ1n) is 3.87. The summed E-state index contributed by atoms with van der Waals surface area (Å²) in [6.45, 7) is 0.474. The van der Waals surface area contributed by atoms with Crippen molar-refractivity contribution in [2.24, 2.45) is 0 Å². The van der Waals surface area contributed by atoms with Gasteiger partial charge in [-0.2, -0.15) is 10.4 Å². The van der Waals surface area contributed by atoms with Gasteiger partial charge in [-0.25, -0.2) is 4.79 Å². The summed E-state index contributed by atoms with van der Waals surface area (Å²) in [4.78, 5) is 10.6. The van der Waals surface area contributed by atoms with Gasteiger partial charge in [0.25, 0.3) is 0 Å². The lowest BCUT2D eigenvalue weighted by Crippen LogP contribution is -2.09. The number of hydrogen-bond donors (Lipinski definition) is 1. The molecular formula is C8H9N3O2. The summed E-state index contributed by atoms with van der Waals surface area (Å²) >= 11 is 0. The predicted molar refractivity (Wildman–Crippen MR) is 44.0 cm³/mol. The number of nitrogens with zero attached hydrogens (tertiary/aromatic N) is 3. The minimum Gasteiger partial charge on any atom is -0.477 e. The van der Waals surface area contributed by atoms with Gasteiger partial charge in [-0.3, -0.25) is 4.68 Å². The molecule has 1 aromatic heterocycles. The predicted octanol–water partition coefficient (Wildman–Crippen LogP) is 0.885. The fourth-order valence-corrected chi connectivity index (χ4v) is 1.00. The van der Waals surface area contributed by atoms with Crippen LogP contribution in [0.2, 0.25) is 0 Å². The van der Waals surface area contributed by atoms with Crippen molar-refractivity contribution in [1.29, 1.82) is 5.26 Å². The van der Waals surface area contributed by atoms with Crippen LogP contribution in [0.15, 0.2) is 12.3 Å². The number of carbonyl (C=O) groups is 1. The van der Waals surface area contributed by atoms with Crippen molar-refractivity contribution in [2.45, 2.75) is 19.4 Å². The smallest absolute Gasteiger partial charge is 0.354 e. The zero-order valence-corrected chi connectivity index (χ0v) is 6.97. The average Bonchev–Trinajstić information content (AvgIpc) is 2.53. The van der Waals surface area contributed by atoms with E-state index in [0.717, 1.165) is 0 Å². The Balaban J connectivity index is 2.61. The third kappa shape index (κ3) is 2.30. The number of carboxylic acids is 1. The van der Waals surface area contributed by atoms with Crippen molar-refractivity contribution in [1.82, 2.24) is 9.78 Å². The molecular weight excluding hydrogens is 170 g/mol. The van der Waals surface area contributed by atoms with Crippen LogP contribution in [-0.4, -0.2) is 20.9 Å². The molecule has 5 nitrogen and oxygen atoms in total. The lowest BCUT2D eigenvalue weighted by atomic mass is 10.3. The third-order valence-corrected chi connectivity index (χ3v) is 1.59. The van der Waals surface area contributed by atoms with E-state index in [9.17, 15) is 4.79 Å². The minimum atomic E-state index is -0.991. The topological polar surface area (TPSA) is 78.9 Å². The van der Waals surface area contributed by atoms with E-state index in [-0.39, 0.29) is 5.69 Å². The molecule has 0 fully saturated rings. The van der Waals surface area contributed by atoms with Crippen molar-refractivity contribution in [3.63, 3.8) is 0 Å². The van der Waals surface area contributed by atoms with Gasteiger partial charge in [0.05, 0.1) is 6.07 Å². The Kier molecular flexibility index (Phi) is 3.03. The van der Waals surface area contributed by atoms with Gasteiger partial charge >= 0.3 is 5.97 Å². The standard InChI is InChI=1S/C8H9N3O2/c9-4-1-2-6-11-7(8(12)13)3-5-10-11/h3,5H,1-2,6H2,(H,12,13). The molecule has 68 valence electrons. The molecule has 0 unspecified atom stereocenters. The molecule has 0 spiro atoms. The maximum absolute atomic E-state index is 10.6. The van der Waals surface area contributed by atoms with Gasteiger partial charge in [0, 0.05) is 19.2 Å². The highest BCUT2D eigenvalue weighted by molar-refractivity contribution is 5.85. The van der Waals surface area contributed by atoms with Gasteiger partial charge in [-0.05, 0) is 12.5 Å². The Morgan fingerprint density at radius 3 is 3.15 bits per heavy atom. The van der Waals surface area contributed by atoms with Crippen LogP contribution >= 0.6 is 0 Å². The normalized spacial score (nSPS) is 9.46. The van der Waals surface area contributed by atoms with Gasteiger partial charge in [0.15, 0.2) is 0 Å². The molecule has 0 saturated heterocycles. The molecule has 0 radical (unpaired) electrons. The van der Waals surface area contributed by atoms with E-state index in [1.165, 1.54) is 16.9 Å². The Bertz CT molecular complexity index is 337. The van der Waals surface area contributed by atoms with Gasteiger partial charge in [0.2, 0.25) is 0 Å². The first kappa shape index (κ1) is 9.26. The number of rotatable bonds is 4. The number of nitriles is 1. The SMILES string of the molecule is N#CCCCn1nccc1C(=O)O. The molecule has 5 heteroatoms. The molecule has 0 amide bonds. The summed E-state index contributed by atoms with van der Waals surface area (Å²) in [7, 11) is 0. The van der Waals surface area contributed by atoms with Crippen molar-refractivity contribution >= 4 is 5.97 Å². The maximum Gasteiger partial charge on any atom is 0.354 e. The molecule has 0 bridgehead atoms. The van der Waals surface area contributed by atoms with E-state index < -0.39 is 5.97 Å². The van der Waals surface area contributed by atoms with E-state index in [2.05, 4.69) is 5.10 Å². The summed E-state index contributed by atoms with van der Waals surface area (Å²) in [6, 6.07) is 3.43. The quantitative estimate of drug-likeness (QED) is 0.696. The Morgan fingerprint density at radius 1 is 1.77 bits per heavy atom. The van der Waals surface area contributed by atoms with Gasteiger partial charge in [-0.1, -0.05) is 0 Å². The number of aryl methyl sites for hydroxylation is 1. The molecule has 1 aromatic rings. The molecule has 0 aliphatic heterocycles. The highest BCUT2D eigenvalue weighted by Crippen LogP contribution is 2.01. The number of aromatic nitrogens is 2. The summed E-state index contributed by atoms with van der Waals surface area (Å²) in [5, 5.41) is 20.8. The minimum absolute atomic E-state index is 0.165. The van der Waals surface area contributed by atoms with Crippen molar-refractivity contribution < 1.29 is 9.90 Å². The molecule has 0 aromatic carbocycles. The summed E-state index contributed by atoms with van der Waals surface area (Å²) in [5.74, 6) is -0.991. The monoisotopic (exact) mass is 179 g/mol. The lowest BCUT2D eigenvalue weighted by molar-refractivity contribution is 0.0683. The number of carboxylic acid groups (broad SMARTS) is 1. The molecule has 0 aliphatic carbocycles. The molecule has 1 N–H and O–H groups in total. The van der Waals surface area contributed by atoms with Crippen molar-refractivity contribution in [3.05, 3.63) is 18.0 Å². The summed E-state index contributed by atoms with van der Waals surface area (Å²) in [6.07, 6.45) is 2.48. The molecule has 0 atom stereocenters. The van der Waals surface area contributed by atoms with Crippen LogP contribution in [0.1, 0.15) is 23.3 Å². The van der Waals surface area contributed by atoms with E-state index in [1.807, 2.05) is 6.07 Å². The van der Waals surface area contributed by atoms with E-state index in [4.69, 9.17) is 10.4 Å². The first-order valence-corrected chi connectivity index (χ1v) is 3.87. The Morgan fingerprint density at radius 2 is 2.54 bits per heavy atom. The number of hydrogen-bond acceptors (Lipinski definition) is 3. The van der Waals surface area contributed by atoms with Crippen LogP contribution in [0.4, 0.5) is 0 Å². The van der Waals surface area contributed by atoms with E-state index in [0.29, 0.717) is 19.4 Å². The maximum atomic E-state index is 10.6. The van der Waals surface area contributed by atoms with E-state index in [1.54, 1.807) is 0 Å². The summed E-state index contributed by atoms with van der Waals surface area (Å²) in [5.41, 5.74) is 0.165. The van der Waals surface area contributed by atoms with Crippen LogP contribution < -0.4 is 0 Å². The number of unbranched alkanes of at least 4 members (excludes halogenated alkanes) is 1. The van der Waals surface area contributed by atoms with Crippen LogP contribution in [0.3, 0.4) is 0 Å². The van der Waals surface area contributed by atoms with E-state index >= 15 is 0 Å². The molecule has 0 saturated carbocycles. The van der Waals surface area contributed by atoms with Crippen LogP contribution in [0, 0.1) is 11.3 Å². The Labute approximate surface area is 75.2 Å². The fourth-order valence-electron chi connectivity index (χ4n) is 1.00. The Hall–Kier alpha value is -1.83. The largest absolute Gasteiger partial charge is 0.477 e. The van der Waals surface area contributed by atoms with Gasteiger partial charge in [-0.15, -0.1) is 0 Å². The van der Waals surface area contributed by atoms with Gasteiger partial charge < -0.3 is 5.11 Å². The second-order valence-corrected chi connectivity index (χ2v) is 2.51. The number of aromatic carboxylic acids is 1. The molecule has 1 heterocycles. The fraction of sp³-hybridized carbons (Fsp3) is 0.375. The summed E-state index contributed by atoms with van der Waals surface area (Å²) < 4.78 is 1.39. The average molecular weight is 179 g/mol. The van der Waals surface area contributed by atoms with Crippen molar-refractivity contribution in [3.8, 4) is 6.07 Å². The lowest BCUT2D eigenvalue weighted by Gasteiger charge is -2.00. The highest BCUT2D eigenvalue weighted by Gasteiger charge is 2.08. The molecule has 1 rings (SSSR count). The van der Waals surface area contributed by atoms with Crippen LogP contribution in [0.5, 0.6) is 0 Å². The van der Waals surface area contributed by atoms with Gasteiger partial charge in [0.1, 0.15) is 5.69 Å². The molecule has 13 heavy (non-hydrogen) atoms. The third-order valence-electron chi connectivity index (χ3n) is 1.59. The highest BCUT2D eigenvalue weighted by atomic mass is 16.4. The first-order chi connectivity index (χ1) is 6.25. The zero-order valence-electron chi connectivity index (χ0n) is 6.97. The molecule has 0 aliphatic rings. The second-order valence-electron chi connectivity index (χ2n) is 2.51. The van der Waals surface area contributed by atoms with Crippen molar-refractivity contribution in [2.75, 3.05) is 0 Å². The van der Waals surface area contributed by atoms with Crippen LogP contribution in [0.25, 0.3) is 0 Å². The zero-order chi connectivity index (χ0) is 9.68. The van der Waals surface area contributed by atoms with Crippen LogP contribution in [-0.2, 0) is 6.54 Å². The second kappa shape index (κ2) is 4.26.